The van der Waals surface area contributed by atoms with Crippen LogP contribution in [-0.4, -0.2) is 25.8 Å². The molecule has 9 nitrogen and oxygen atoms in total. The molecule has 2 aromatic rings. The molecule has 142 valence electrons. The fraction of sp³-hybridized carbons (Fsp3) is 0.105. The van der Waals surface area contributed by atoms with Crippen molar-refractivity contribution in [3.05, 3.63) is 78.9 Å². The number of nitrogens with zero attached hydrogens (tertiary/aromatic N) is 2. The predicted molar refractivity (Wildman–Crippen MR) is 99.7 cm³/mol. The maximum Gasteiger partial charge on any atom is 0.270 e. The normalized spacial score (nSPS) is 16.6. The summed E-state index contributed by atoms with van der Waals surface area (Å²) in [5, 5.41) is 41.6. The summed E-state index contributed by atoms with van der Waals surface area (Å²) in [5.41, 5.74) is 0.549. The molecule has 3 rings (SSSR count). The molecule has 1 aliphatic rings. The first-order valence-corrected chi connectivity index (χ1v) is 8.17. The molecule has 9 heteroatoms. The van der Waals surface area contributed by atoms with E-state index in [-0.39, 0.29) is 39.8 Å². The zero-order valence-electron chi connectivity index (χ0n) is 14.4. The van der Waals surface area contributed by atoms with Crippen molar-refractivity contribution in [2.24, 2.45) is 0 Å². The van der Waals surface area contributed by atoms with E-state index in [4.69, 9.17) is 0 Å². The van der Waals surface area contributed by atoms with Crippen molar-refractivity contribution in [2.75, 3.05) is 0 Å². The zero-order chi connectivity index (χ0) is 20.4. The summed E-state index contributed by atoms with van der Waals surface area (Å²) in [7, 11) is 0. The van der Waals surface area contributed by atoms with Crippen molar-refractivity contribution in [1.29, 1.82) is 0 Å². The van der Waals surface area contributed by atoms with Crippen LogP contribution in [0.15, 0.2) is 47.5 Å². The van der Waals surface area contributed by atoms with Gasteiger partial charge in [-0.3, -0.25) is 25.0 Å². The Labute approximate surface area is 158 Å². The van der Waals surface area contributed by atoms with E-state index < -0.39 is 9.85 Å². The van der Waals surface area contributed by atoms with Crippen LogP contribution in [0.25, 0.3) is 12.2 Å². The predicted octanol–water partition coefficient (Wildman–Crippen LogP) is 3.74. The van der Waals surface area contributed by atoms with Gasteiger partial charge in [0.15, 0.2) is 5.78 Å². The Hall–Kier alpha value is -4.01. The maximum absolute atomic E-state index is 12.6. The highest BCUT2D eigenvalue weighted by Crippen LogP contribution is 2.34. The van der Waals surface area contributed by atoms with Gasteiger partial charge in [-0.15, -0.1) is 0 Å². The van der Waals surface area contributed by atoms with Gasteiger partial charge in [-0.2, -0.15) is 0 Å². The number of nitro groups is 2. The SMILES string of the molecule is O=C1C(=Cc2cc([N+](=O)[O-])ccc2O)CCC1=Cc1cc([N+](=O)[O-])ccc1O. The number of phenolic OH excluding ortho intramolecular Hbond substituents is 2. The molecule has 1 aliphatic carbocycles. The molecule has 0 radical (unpaired) electrons. The van der Waals surface area contributed by atoms with E-state index in [0.717, 1.165) is 12.1 Å². The molecule has 0 bridgehead atoms. The van der Waals surface area contributed by atoms with E-state index in [0.29, 0.717) is 24.0 Å². The highest BCUT2D eigenvalue weighted by molar-refractivity contribution is 6.15. The number of aromatic hydroxyl groups is 2. The Morgan fingerprint density at radius 3 is 1.54 bits per heavy atom. The van der Waals surface area contributed by atoms with E-state index >= 15 is 0 Å². The fourth-order valence-electron chi connectivity index (χ4n) is 2.90. The molecule has 0 amide bonds. The highest BCUT2D eigenvalue weighted by atomic mass is 16.6. The molecular weight excluding hydrogens is 368 g/mol. The van der Waals surface area contributed by atoms with Crippen molar-refractivity contribution in [3.63, 3.8) is 0 Å². The summed E-state index contributed by atoms with van der Waals surface area (Å²) in [6.07, 6.45) is 3.45. The first-order valence-electron chi connectivity index (χ1n) is 8.17. The molecule has 2 N–H and O–H groups in total. The Morgan fingerprint density at radius 1 is 0.786 bits per heavy atom. The Morgan fingerprint density at radius 2 is 1.18 bits per heavy atom. The minimum Gasteiger partial charge on any atom is -0.507 e. The van der Waals surface area contributed by atoms with Crippen LogP contribution in [-0.2, 0) is 4.79 Å². The largest absolute Gasteiger partial charge is 0.507 e. The van der Waals surface area contributed by atoms with E-state index in [1.807, 2.05) is 0 Å². The van der Waals surface area contributed by atoms with Crippen molar-refractivity contribution in [3.8, 4) is 11.5 Å². The molecule has 1 saturated carbocycles. The molecule has 0 unspecified atom stereocenters. The minimum absolute atomic E-state index is 0.150. The van der Waals surface area contributed by atoms with Crippen molar-refractivity contribution in [2.45, 2.75) is 12.8 Å². The van der Waals surface area contributed by atoms with Gasteiger partial charge in [0.25, 0.3) is 11.4 Å². The second-order valence-electron chi connectivity index (χ2n) is 6.17. The van der Waals surface area contributed by atoms with Crippen LogP contribution in [0.4, 0.5) is 11.4 Å². The lowest BCUT2D eigenvalue weighted by molar-refractivity contribution is -0.385. The van der Waals surface area contributed by atoms with E-state index in [1.54, 1.807) is 0 Å². The quantitative estimate of drug-likeness (QED) is 0.465. The molecule has 0 atom stereocenters. The number of nitro benzene ring substituents is 2. The number of ketones is 1. The number of non-ortho nitro benzene ring substituents is 2. The molecule has 0 aromatic heterocycles. The van der Waals surface area contributed by atoms with Crippen LogP contribution < -0.4 is 0 Å². The summed E-state index contributed by atoms with van der Waals surface area (Å²) in [4.78, 5) is 33.2. The lowest BCUT2D eigenvalue weighted by Crippen LogP contribution is -1.96. The Bertz CT molecular complexity index is 986. The van der Waals surface area contributed by atoms with Gasteiger partial charge in [0.2, 0.25) is 0 Å². The number of benzene rings is 2. The fourth-order valence-corrected chi connectivity index (χ4v) is 2.90. The van der Waals surface area contributed by atoms with Gasteiger partial charge in [0.1, 0.15) is 11.5 Å². The highest BCUT2D eigenvalue weighted by Gasteiger charge is 2.24. The smallest absolute Gasteiger partial charge is 0.270 e. The number of allylic oxidation sites excluding steroid dienone is 2. The molecule has 2 aromatic carbocycles. The van der Waals surface area contributed by atoms with Crippen LogP contribution in [0, 0.1) is 20.2 Å². The van der Waals surface area contributed by atoms with Gasteiger partial charge in [-0.1, -0.05) is 0 Å². The average molecular weight is 382 g/mol. The number of carbonyl (C=O) groups is 1. The van der Waals surface area contributed by atoms with Crippen LogP contribution in [0.1, 0.15) is 24.0 Å². The summed E-state index contributed by atoms with van der Waals surface area (Å²) in [5.74, 6) is -0.740. The third-order valence-corrected chi connectivity index (χ3v) is 4.35. The molecule has 0 saturated heterocycles. The number of rotatable bonds is 4. The summed E-state index contributed by atoms with van der Waals surface area (Å²) < 4.78 is 0. The van der Waals surface area contributed by atoms with Crippen molar-refractivity contribution >= 4 is 29.3 Å². The zero-order valence-corrected chi connectivity index (χ0v) is 14.4. The van der Waals surface area contributed by atoms with Gasteiger partial charge >= 0.3 is 0 Å². The summed E-state index contributed by atoms with van der Waals surface area (Å²) in [6, 6.07) is 7.02. The number of Topliss-reactive ketones (excluding diaryl/α,β-unsaturated/α-hetero) is 1. The molecular formula is C19H14N2O7. The van der Waals surface area contributed by atoms with E-state index in [2.05, 4.69) is 0 Å². The first-order chi connectivity index (χ1) is 13.3. The average Bonchev–Trinajstić information content (AvgIpc) is 2.98. The van der Waals surface area contributed by atoms with Gasteiger partial charge in [0, 0.05) is 46.5 Å². The molecule has 1 fully saturated rings. The van der Waals surface area contributed by atoms with Crippen LogP contribution in [0.3, 0.4) is 0 Å². The Balaban J connectivity index is 1.94. The van der Waals surface area contributed by atoms with Gasteiger partial charge in [-0.25, -0.2) is 0 Å². The minimum atomic E-state index is -0.603. The second kappa shape index (κ2) is 7.31. The van der Waals surface area contributed by atoms with E-state index in [1.165, 1.54) is 36.4 Å². The molecule has 28 heavy (non-hydrogen) atoms. The molecule has 0 heterocycles. The van der Waals surface area contributed by atoms with Crippen LogP contribution >= 0.6 is 0 Å². The van der Waals surface area contributed by atoms with Gasteiger partial charge in [-0.05, 0) is 37.1 Å². The van der Waals surface area contributed by atoms with Crippen LogP contribution in [0.5, 0.6) is 11.5 Å². The van der Waals surface area contributed by atoms with Gasteiger partial charge in [0.05, 0.1) is 9.85 Å². The summed E-state index contributed by atoms with van der Waals surface area (Å²) >= 11 is 0. The second-order valence-corrected chi connectivity index (χ2v) is 6.17. The molecule has 0 spiro atoms. The number of hydrogen-bond acceptors (Lipinski definition) is 7. The third-order valence-electron chi connectivity index (χ3n) is 4.35. The first kappa shape index (κ1) is 18.8. The van der Waals surface area contributed by atoms with E-state index in [9.17, 15) is 35.2 Å². The van der Waals surface area contributed by atoms with Crippen LogP contribution in [0.2, 0.25) is 0 Å². The lowest BCUT2D eigenvalue weighted by Gasteiger charge is -2.02. The number of hydrogen-bond donors (Lipinski definition) is 2. The standard InChI is InChI=1S/C19H14N2O7/c22-17-5-3-15(20(25)26)9-13(17)7-11-1-2-12(19(11)24)8-14-10-16(21(27)28)4-6-18(14)23/h3-10,22-23H,1-2H2. The number of phenols is 2. The summed E-state index contributed by atoms with van der Waals surface area (Å²) in [6.45, 7) is 0. The van der Waals surface area contributed by atoms with Gasteiger partial charge < -0.3 is 10.2 Å². The monoisotopic (exact) mass is 382 g/mol. The lowest BCUT2D eigenvalue weighted by atomic mass is 10.0. The number of carbonyl (C=O) groups excluding carboxylic acids is 1. The van der Waals surface area contributed by atoms with Crippen molar-refractivity contribution in [1.82, 2.24) is 0 Å². The maximum atomic E-state index is 12.6. The topological polar surface area (TPSA) is 144 Å². The third kappa shape index (κ3) is 3.73. The van der Waals surface area contributed by atoms with Crippen molar-refractivity contribution < 1.29 is 24.9 Å². The molecule has 0 aliphatic heterocycles. The Kier molecular flexibility index (Phi) is 4.90.